The number of hydrogen-bond donors (Lipinski definition) is 2. The minimum atomic E-state index is -3.60. The molecule has 3 rings (SSSR count). The van der Waals surface area contributed by atoms with Crippen LogP contribution in [0.1, 0.15) is 37.1 Å². The van der Waals surface area contributed by atoms with Gasteiger partial charge < -0.3 is 5.32 Å². The second-order valence-electron chi connectivity index (χ2n) is 7.14. The molecule has 0 fully saturated rings. The van der Waals surface area contributed by atoms with E-state index >= 15 is 0 Å². The fourth-order valence-electron chi connectivity index (χ4n) is 3.23. The van der Waals surface area contributed by atoms with Crippen molar-refractivity contribution in [2.45, 2.75) is 45.2 Å². The fraction of sp³-hybridized carbons (Fsp3) is 0.450. The molecule has 1 aromatic carbocycles. The normalized spacial score (nSPS) is 14.0. The Morgan fingerprint density at radius 2 is 1.97 bits per heavy atom. The van der Waals surface area contributed by atoms with E-state index < -0.39 is 10.0 Å². The summed E-state index contributed by atoms with van der Waals surface area (Å²) < 4.78 is 29.5. The molecule has 0 unspecified atom stereocenters. The second kappa shape index (κ2) is 10.4. The summed E-state index contributed by atoms with van der Waals surface area (Å²) in [6, 6.07) is 9.09. The van der Waals surface area contributed by atoms with Crippen LogP contribution in [0, 0.1) is 0 Å². The molecular formula is C20H27N5O4S. The number of aromatic nitrogens is 3. The van der Waals surface area contributed by atoms with Crippen molar-refractivity contribution in [1.82, 2.24) is 24.4 Å². The predicted molar refractivity (Wildman–Crippen MR) is 114 cm³/mol. The first-order chi connectivity index (χ1) is 14.4. The Morgan fingerprint density at radius 1 is 1.17 bits per heavy atom. The van der Waals surface area contributed by atoms with Crippen LogP contribution in [0.3, 0.4) is 0 Å². The first-order valence-electron chi connectivity index (χ1n) is 10.1. The topological polar surface area (TPSA) is 115 Å². The Labute approximate surface area is 175 Å². The predicted octanol–water partition coefficient (Wildman–Crippen LogP) is 0.868. The van der Waals surface area contributed by atoms with Crippen LogP contribution in [-0.4, -0.2) is 41.8 Å². The van der Waals surface area contributed by atoms with Gasteiger partial charge in [-0.05, 0) is 30.9 Å². The maximum Gasteiger partial charge on any atom is 0.345 e. The Morgan fingerprint density at radius 3 is 2.73 bits per heavy atom. The molecule has 0 saturated heterocycles. The summed E-state index contributed by atoms with van der Waals surface area (Å²) in [6.45, 7) is 1.58. The highest BCUT2D eigenvalue weighted by Crippen LogP contribution is 2.09. The Bertz CT molecular complexity index is 1040. The smallest absolute Gasteiger partial charge is 0.345 e. The zero-order chi connectivity index (χ0) is 21.4. The van der Waals surface area contributed by atoms with Crippen LogP contribution in [0.15, 0.2) is 40.5 Å². The highest BCUT2D eigenvalue weighted by molar-refractivity contribution is 7.92. The minimum absolute atomic E-state index is 0.0144. The number of nitrogens with one attached hydrogen (secondary N) is 2. The zero-order valence-corrected chi connectivity index (χ0v) is 17.6. The average molecular weight is 434 g/mol. The molecule has 0 bridgehead atoms. The van der Waals surface area contributed by atoms with E-state index in [0.29, 0.717) is 19.5 Å². The summed E-state index contributed by atoms with van der Waals surface area (Å²) in [5.74, 6) is 0.588. The van der Waals surface area contributed by atoms with Crippen molar-refractivity contribution in [2.24, 2.45) is 0 Å². The molecule has 10 heteroatoms. The van der Waals surface area contributed by atoms with Gasteiger partial charge in [-0.3, -0.25) is 9.36 Å². The van der Waals surface area contributed by atoms with Crippen LogP contribution >= 0.6 is 0 Å². The maximum absolute atomic E-state index is 12.2. The van der Waals surface area contributed by atoms with Gasteiger partial charge in [-0.25, -0.2) is 22.6 Å². The van der Waals surface area contributed by atoms with Crippen LogP contribution in [0.5, 0.6) is 0 Å². The largest absolute Gasteiger partial charge is 0.356 e. The van der Waals surface area contributed by atoms with Gasteiger partial charge in [0.2, 0.25) is 15.9 Å². The van der Waals surface area contributed by atoms with E-state index in [1.165, 1.54) is 10.8 Å². The summed E-state index contributed by atoms with van der Waals surface area (Å²) in [5.41, 5.74) is 0.687. The third-order valence-electron chi connectivity index (χ3n) is 4.79. The lowest BCUT2D eigenvalue weighted by Crippen LogP contribution is -2.31. The lowest BCUT2D eigenvalue weighted by Gasteiger charge is -2.09. The van der Waals surface area contributed by atoms with Crippen molar-refractivity contribution in [2.75, 3.05) is 13.1 Å². The molecule has 0 aliphatic carbocycles. The molecule has 0 atom stereocenters. The lowest BCUT2D eigenvalue weighted by molar-refractivity contribution is -0.120. The van der Waals surface area contributed by atoms with E-state index in [9.17, 15) is 18.0 Å². The van der Waals surface area contributed by atoms with Gasteiger partial charge >= 0.3 is 5.69 Å². The van der Waals surface area contributed by atoms with Crippen LogP contribution in [-0.2, 0) is 34.3 Å². The number of fused-ring (bicyclic) bond motifs is 1. The molecule has 0 radical (unpaired) electrons. The Balaban J connectivity index is 1.34. The van der Waals surface area contributed by atoms with Crippen LogP contribution < -0.4 is 15.7 Å². The summed E-state index contributed by atoms with van der Waals surface area (Å²) >= 11 is 0. The number of nitrogens with zero attached hydrogens (tertiary/aromatic N) is 3. The molecule has 0 saturated carbocycles. The van der Waals surface area contributed by atoms with Crippen molar-refractivity contribution < 1.29 is 13.2 Å². The number of rotatable bonds is 10. The van der Waals surface area contributed by atoms with Crippen molar-refractivity contribution in [3.05, 3.63) is 57.6 Å². The van der Waals surface area contributed by atoms with Crippen molar-refractivity contribution in [3.63, 3.8) is 0 Å². The molecule has 9 nitrogen and oxygen atoms in total. The molecule has 30 heavy (non-hydrogen) atoms. The SMILES string of the molecule is O=C(CCNS(=O)(=O)C=Cc1ccccc1)NCCCn1nc2n(c1=O)CCCC2. The van der Waals surface area contributed by atoms with Gasteiger partial charge in [0.1, 0.15) is 5.82 Å². The van der Waals surface area contributed by atoms with E-state index in [4.69, 9.17) is 0 Å². The van der Waals surface area contributed by atoms with Gasteiger partial charge in [0.05, 0.1) is 0 Å². The number of benzene rings is 1. The molecule has 2 aromatic rings. The highest BCUT2D eigenvalue weighted by Gasteiger charge is 2.16. The van der Waals surface area contributed by atoms with E-state index in [1.807, 2.05) is 18.2 Å². The van der Waals surface area contributed by atoms with E-state index in [-0.39, 0.29) is 24.6 Å². The Hall–Kier alpha value is -2.72. The molecule has 1 aromatic heterocycles. The number of sulfonamides is 1. The lowest BCUT2D eigenvalue weighted by atomic mass is 10.2. The van der Waals surface area contributed by atoms with Crippen LogP contribution in [0.25, 0.3) is 6.08 Å². The van der Waals surface area contributed by atoms with Gasteiger partial charge in [0.15, 0.2) is 0 Å². The summed E-state index contributed by atoms with van der Waals surface area (Å²) in [5, 5.41) is 8.18. The molecule has 1 aliphatic heterocycles. The number of amides is 1. The maximum atomic E-state index is 12.2. The van der Waals surface area contributed by atoms with E-state index in [1.54, 1.807) is 16.7 Å². The summed E-state index contributed by atoms with van der Waals surface area (Å²) in [6.07, 6.45) is 5.00. The monoisotopic (exact) mass is 433 g/mol. The summed E-state index contributed by atoms with van der Waals surface area (Å²) in [7, 11) is -3.60. The molecule has 1 aliphatic rings. The van der Waals surface area contributed by atoms with Gasteiger partial charge in [-0.1, -0.05) is 30.3 Å². The molecule has 2 N–H and O–H groups in total. The van der Waals surface area contributed by atoms with Crippen molar-refractivity contribution in [3.8, 4) is 0 Å². The second-order valence-corrected chi connectivity index (χ2v) is 8.79. The number of carbonyl (C=O) groups is 1. The van der Waals surface area contributed by atoms with Crippen LogP contribution in [0.2, 0.25) is 0 Å². The van der Waals surface area contributed by atoms with Crippen molar-refractivity contribution >= 4 is 22.0 Å². The third-order valence-corrected chi connectivity index (χ3v) is 5.90. The van der Waals surface area contributed by atoms with Crippen molar-refractivity contribution in [1.29, 1.82) is 0 Å². The number of aryl methyl sites for hydroxylation is 2. The van der Waals surface area contributed by atoms with Crippen LogP contribution in [0.4, 0.5) is 0 Å². The molecule has 2 heterocycles. The fourth-order valence-corrected chi connectivity index (χ4v) is 4.05. The zero-order valence-electron chi connectivity index (χ0n) is 16.8. The van der Waals surface area contributed by atoms with Gasteiger partial charge in [0.25, 0.3) is 0 Å². The Kier molecular flexibility index (Phi) is 7.58. The summed E-state index contributed by atoms with van der Waals surface area (Å²) in [4.78, 5) is 24.1. The minimum Gasteiger partial charge on any atom is -0.356 e. The number of hydrogen-bond acceptors (Lipinski definition) is 5. The highest BCUT2D eigenvalue weighted by atomic mass is 32.2. The third kappa shape index (κ3) is 6.39. The molecule has 0 spiro atoms. The van der Waals surface area contributed by atoms with E-state index in [2.05, 4.69) is 15.1 Å². The first-order valence-corrected chi connectivity index (χ1v) is 11.7. The van der Waals surface area contributed by atoms with E-state index in [0.717, 1.165) is 42.6 Å². The molecule has 162 valence electrons. The van der Waals surface area contributed by atoms with Gasteiger partial charge in [-0.15, -0.1) is 0 Å². The molecule has 1 amide bonds. The standard InChI is InChI=1S/C20H27N5O4S/c26-19(10-13-22-30(28,29)16-11-17-7-2-1-3-8-17)21-12-6-15-25-20(27)24-14-5-4-9-18(24)23-25/h1-3,7-8,11,16,22H,4-6,9-10,12-15H2,(H,21,26). The first kappa shape index (κ1) is 22.0. The molecular weight excluding hydrogens is 406 g/mol. The quantitative estimate of drug-likeness (QED) is 0.540. The van der Waals surface area contributed by atoms with Gasteiger partial charge in [0, 0.05) is 44.4 Å². The number of carbonyl (C=O) groups excluding carboxylic acids is 1. The average Bonchev–Trinajstić information content (AvgIpc) is 3.06. The van der Waals surface area contributed by atoms with Gasteiger partial charge in [-0.2, -0.15) is 5.10 Å².